The van der Waals surface area contributed by atoms with Gasteiger partial charge >= 0.3 is 6.36 Å². The summed E-state index contributed by atoms with van der Waals surface area (Å²) in [6.07, 6.45) is -1.39. The molecule has 0 radical (unpaired) electrons. The largest absolute Gasteiger partial charge is 0.573 e. The minimum Gasteiger partial charge on any atom is -0.406 e. The normalized spacial score (nSPS) is 15.4. The summed E-state index contributed by atoms with van der Waals surface area (Å²) in [6, 6.07) is 20.1. The number of aryl methyl sites for hydroxylation is 1. The van der Waals surface area contributed by atoms with Crippen LogP contribution in [0.15, 0.2) is 78.0 Å². The molecule has 0 aliphatic carbocycles. The molecule has 4 aromatic rings. The van der Waals surface area contributed by atoms with Crippen LogP contribution in [0.5, 0.6) is 5.75 Å². The van der Waals surface area contributed by atoms with E-state index in [4.69, 9.17) is 17.2 Å². The van der Waals surface area contributed by atoms with E-state index >= 15 is 0 Å². The lowest BCUT2D eigenvalue weighted by molar-refractivity contribution is -0.274. The molecule has 12 heteroatoms. The molecule has 1 fully saturated rings. The molecule has 1 aromatic heterocycles. The standard InChI is InChI=1S/C33H35F3N6OS2/c1-21(2)28-15-6-22(3)18-29(28)41-16-5-17-45-32(41)39-31(44)38-23(4)19-24-7-9-25(10-8-24)30-37-20-42(40-30)26-11-13-27(14-12-26)43-33(34,35)36/h6-15,18,20-21,23H,5,16-17,19H2,1-4H3,(H,38,44)/b39-32-. The average molecular weight is 653 g/mol. The zero-order chi connectivity index (χ0) is 32.1. The van der Waals surface area contributed by atoms with Crippen LogP contribution in [-0.4, -0.2) is 49.7 Å². The van der Waals surface area contributed by atoms with E-state index < -0.39 is 6.36 Å². The van der Waals surface area contributed by atoms with E-state index in [2.05, 4.69) is 70.9 Å². The Labute approximate surface area is 270 Å². The number of hydrogen-bond donors (Lipinski definition) is 1. The highest BCUT2D eigenvalue weighted by Crippen LogP contribution is 2.33. The van der Waals surface area contributed by atoms with Crippen LogP contribution in [0, 0.1) is 6.92 Å². The third-order valence-electron chi connectivity index (χ3n) is 7.23. The molecule has 1 N–H and O–H groups in total. The van der Waals surface area contributed by atoms with Crippen molar-refractivity contribution in [1.82, 2.24) is 20.1 Å². The number of rotatable bonds is 8. The molecular formula is C33H35F3N6OS2. The van der Waals surface area contributed by atoms with Gasteiger partial charge in [-0.2, -0.15) is 4.99 Å². The van der Waals surface area contributed by atoms with Crippen molar-refractivity contribution in [3.05, 3.63) is 89.7 Å². The number of benzene rings is 3. The molecule has 7 nitrogen and oxygen atoms in total. The molecule has 0 bridgehead atoms. The zero-order valence-electron chi connectivity index (χ0n) is 25.5. The Balaban J connectivity index is 1.20. The number of ether oxygens (including phenoxy) is 1. The van der Waals surface area contributed by atoms with E-state index in [-0.39, 0.29) is 11.8 Å². The molecule has 236 valence electrons. The number of nitrogens with one attached hydrogen (secondary N) is 1. The van der Waals surface area contributed by atoms with Gasteiger partial charge < -0.3 is 15.0 Å². The summed E-state index contributed by atoms with van der Waals surface area (Å²) in [5, 5.41) is 9.27. The maximum Gasteiger partial charge on any atom is 0.573 e. The monoisotopic (exact) mass is 652 g/mol. The predicted molar refractivity (Wildman–Crippen MR) is 180 cm³/mol. The summed E-state index contributed by atoms with van der Waals surface area (Å²) in [4.78, 5) is 11.5. The summed E-state index contributed by atoms with van der Waals surface area (Å²) in [7, 11) is 0. The van der Waals surface area contributed by atoms with Crippen LogP contribution < -0.4 is 15.0 Å². The molecule has 0 saturated carbocycles. The maximum atomic E-state index is 12.4. The first kappa shape index (κ1) is 32.5. The van der Waals surface area contributed by atoms with Crippen LogP contribution in [0.4, 0.5) is 18.9 Å². The fourth-order valence-corrected chi connectivity index (χ4v) is 6.40. The van der Waals surface area contributed by atoms with E-state index in [1.54, 1.807) is 11.8 Å². The number of aromatic nitrogens is 3. The number of alkyl halides is 3. The van der Waals surface area contributed by atoms with Crippen LogP contribution in [0.1, 0.15) is 49.8 Å². The summed E-state index contributed by atoms with van der Waals surface area (Å²) in [5.74, 6) is 1.62. The van der Waals surface area contributed by atoms with Crippen molar-refractivity contribution in [3.63, 3.8) is 0 Å². The van der Waals surface area contributed by atoms with Crippen molar-refractivity contribution in [2.45, 2.75) is 58.9 Å². The Hall–Kier alpha value is -3.90. The minimum atomic E-state index is -4.74. The maximum absolute atomic E-state index is 12.4. The van der Waals surface area contributed by atoms with Crippen molar-refractivity contribution in [2.24, 2.45) is 4.99 Å². The first-order chi connectivity index (χ1) is 21.4. The summed E-state index contributed by atoms with van der Waals surface area (Å²) in [6.45, 7) is 9.55. The SMILES string of the molecule is Cc1ccc(C(C)C)c(N2CCCS/C2=N\C(=S)NC(C)Cc2ccc(-c3ncn(-c4ccc(OC(F)(F)F)cc4)n3)cc2)c1. The number of hydrogen-bond acceptors (Lipinski definition) is 5. The lowest BCUT2D eigenvalue weighted by atomic mass is 9.98. The third-order valence-corrected chi connectivity index (χ3v) is 8.51. The fourth-order valence-electron chi connectivity index (χ4n) is 5.10. The topological polar surface area (TPSA) is 67.6 Å². The van der Waals surface area contributed by atoms with E-state index in [0.717, 1.165) is 41.4 Å². The third kappa shape index (κ3) is 8.64. The van der Waals surface area contributed by atoms with Gasteiger partial charge in [-0.1, -0.05) is 62.0 Å². The Morgan fingerprint density at radius 1 is 1.07 bits per heavy atom. The van der Waals surface area contributed by atoms with Gasteiger partial charge in [0.25, 0.3) is 0 Å². The Kier molecular flexibility index (Phi) is 10.1. The molecule has 1 aliphatic heterocycles. The lowest BCUT2D eigenvalue weighted by Gasteiger charge is -2.32. The van der Waals surface area contributed by atoms with Crippen LogP contribution in [0.3, 0.4) is 0 Å². The Morgan fingerprint density at radius 3 is 2.49 bits per heavy atom. The van der Waals surface area contributed by atoms with Gasteiger partial charge in [0.15, 0.2) is 16.1 Å². The highest BCUT2D eigenvalue weighted by atomic mass is 32.2. The first-order valence-electron chi connectivity index (χ1n) is 14.7. The second kappa shape index (κ2) is 14.0. The Morgan fingerprint density at radius 2 is 1.80 bits per heavy atom. The molecule has 2 heterocycles. The highest BCUT2D eigenvalue weighted by Gasteiger charge is 2.31. The second-order valence-electron chi connectivity index (χ2n) is 11.3. The van der Waals surface area contributed by atoms with Crippen molar-refractivity contribution in [1.29, 1.82) is 0 Å². The van der Waals surface area contributed by atoms with Gasteiger partial charge in [-0.05, 0) is 91.8 Å². The number of anilines is 1. The fraction of sp³-hybridized carbons (Fsp3) is 0.333. The molecule has 1 atom stereocenters. The van der Waals surface area contributed by atoms with Gasteiger partial charge in [-0.3, -0.25) is 0 Å². The van der Waals surface area contributed by atoms with Crippen molar-refractivity contribution >= 4 is 39.9 Å². The molecule has 5 rings (SSSR count). The van der Waals surface area contributed by atoms with Gasteiger partial charge in [-0.25, -0.2) is 9.67 Å². The quantitative estimate of drug-likeness (QED) is 0.193. The zero-order valence-corrected chi connectivity index (χ0v) is 27.1. The molecule has 45 heavy (non-hydrogen) atoms. The molecule has 3 aromatic carbocycles. The van der Waals surface area contributed by atoms with Crippen molar-refractivity contribution < 1.29 is 17.9 Å². The predicted octanol–water partition coefficient (Wildman–Crippen LogP) is 8.07. The number of nitrogens with zero attached hydrogens (tertiary/aromatic N) is 5. The van der Waals surface area contributed by atoms with E-state index in [9.17, 15) is 13.2 Å². The van der Waals surface area contributed by atoms with Gasteiger partial charge in [0.2, 0.25) is 0 Å². The van der Waals surface area contributed by atoms with Gasteiger partial charge in [0.1, 0.15) is 12.1 Å². The van der Waals surface area contributed by atoms with E-state index in [1.807, 2.05) is 24.3 Å². The van der Waals surface area contributed by atoms with Crippen LogP contribution in [-0.2, 0) is 6.42 Å². The van der Waals surface area contributed by atoms with Crippen LogP contribution in [0.25, 0.3) is 17.1 Å². The van der Waals surface area contributed by atoms with Crippen LogP contribution in [0.2, 0.25) is 0 Å². The first-order valence-corrected chi connectivity index (χ1v) is 16.1. The molecule has 1 saturated heterocycles. The van der Waals surface area contributed by atoms with Gasteiger partial charge in [-0.15, -0.1) is 18.3 Å². The van der Waals surface area contributed by atoms with Crippen LogP contribution >= 0.6 is 24.0 Å². The number of thioether (sulfide) groups is 1. The lowest BCUT2D eigenvalue weighted by Crippen LogP contribution is -2.38. The average Bonchev–Trinajstić information content (AvgIpc) is 3.47. The van der Waals surface area contributed by atoms with Gasteiger partial charge in [0, 0.05) is 29.6 Å². The molecule has 1 unspecified atom stereocenters. The molecule has 1 aliphatic rings. The summed E-state index contributed by atoms with van der Waals surface area (Å²) < 4.78 is 42.7. The van der Waals surface area contributed by atoms with E-state index in [0.29, 0.717) is 22.5 Å². The summed E-state index contributed by atoms with van der Waals surface area (Å²) >= 11 is 7.43. The molecular weight excluding hydrogens is 618 g/mol. The van der Waals surface area contributed by atoms with Crippen molar-refractivity contribution in [3.8, 4) is 22.8 Å². The smallest absolute Gasteiger partial charge is 0.406 e. The van der Waals surface area contributed by atoms with Gasteiger partial charge in [0.05, 0.1) is 5.69 Å². The highest BCUT2D eigenvalue weighted by molar-refractivity contribution is 8.14. The minimum absolute atomic E-state index is 0.0570. The molecule has 0 amide bonds. The Bertz CT molecular complexity index is 1650. The van der Waals surface area contributed by atoms with Crippen molar-refractivity contribution in [2.75, 3.05) is 17.2 Å². The number of thiocarbonyl (C=S) groups is 1. The number of aliphatic imine (C=N–C) groups is 1. The van der Waals surface area contributed by atoms with E-state index in [1.165, 1.54) is 52.1 Å². The summed E-state index contributed by atoms with van der Waals surface area (Å²) in [5.41, 5.74) is 6.24. The number of amidine groups is 1. The molecule has 0 spiro atoms. The second-order valence-corrected chi connectivity index (χ2v) is 12.7. The number of halogens is 3.